The van der Waals surface area contributed by atoms with E-state index in [0.717, 1.165) is 0 Å². The lowest BCUT2D eigenvalue weighted by molar-refractivity contribution is -0.146. The Labute approximate surface area is 107 Å². The maximum Gasteiger partial charge on any atom is 0.233 e. The Kier molecular flexibility index (Phi) is 4.33. The van der Waals surface area contributed by atoms with Gasteiger partial charge in [0.2, 0.25) is 11.8 Å². The Morgan fingerprint density at radius 3 is 2.18 bits per heavy atom. The largest absolute Gasteiger partial charge is 0.280 e. The van der Waals surface area contributed by atoms with E-state index in [9.17, 15) is 9.59 Å². The minimum Gasteiger partial charge on any atom is -0.280 e. The zero-order valence-corrected chi connectivity index (χ0v) is 11.3. The molecule has 0 unspecified atom stereocenters. The van der Waals surface area contributed by atoms with Crippen LogP contribution in [0.4, 0.5) is 0 Å². The van der Waals surface area contributed by atoms with Crippen molar-refractivity contribution in [1.82, 2.24) is 9.74 Å². The van der Waals surface area contributed by atoms with E-state index in [1.807, 2.05) is 20.8 Å². The van der Waals surface area contributed by atoms with Gasteiger partial charge in [0.15, 0.2) is 0 Å². The highest BCUT2D eigenvalue weighted by atomic mass is 35.5. The second-order valence-corrected chi connectivity index (χ2v) is 5.75. The maximum absolute atomic E-state index is 11.8. The van der Waals surface area contributed by atoms with Crippen LogP contribution >= 0.6 is 11.8 Å². The number of rotatable bonds is 3. The molecule has 0 bridgehead atoms. The Bertz CT molecular complexity index is 327. The van der Waals surface area contributed by atoms with Crippen LogP contribution in [0.25, 0.3) is 0 Å². The molecule has 17 heavy (non-hydrogen) atoms. The van der Waals surface area contributed by atoms with Crippen LogP contribution < -0.4 is 4.84 Å². The van der Waals surface area contributed by atoms with E-state index in [0.29, 0.717) is 12.1 Å². The molecule has 0 saturated carbocycles. The van der Waals surface area contributed by atoms with Crippen LogP contribution in [0.5, 0.6) is 0 Å². The first-order valence-corrected chi connectivity index (χ1v) is 5.99. The normalized spacial score (nSPS) is 19.8. The van der Waals surface area contributed by atoms with Crippen molar-refractivity contribution in [2.75, 3.05) is 6.54 Å². The average molecular weight is 259 g/mol. The zero-order valence-electron chi connectivity index (χ0n) is 10.5. The number of amides is 2. The van der Waals surface area contributed by atoms with E-state index in [1.165, 1.54) is 4.90 Å². The maximum atomic E-state index is 11.8. The molecule has 1 heterocycles. The number of imide groups is 1. The molecule has 1 N–H and O–H groups in total. The molecular formula is C12H19ClN2O2. The van der Waals surface area contributed by atoms with E-state index in [1.54, 1.807) is 0 Å². The van der Waals surface area contributed by atoms with Gasteiger partial charge in [0.25, 0.3) is 0 Å². The summed E-state index contributed by atoms with van der Waals surface area (Å²) in [5, 5.41) is 0. The van der Waals surface area contributed by atoms with Gasteiger partial charge >= 0.3 is 0 Å². The molecule has 1 aliphatic heterocycles. The summed E-state index contributed by atoms with van der Waals surface area (Å²) in [4.78, 5) is 27.5. The highest BCUT2D eigenvalue weighted by Crippen LogP contribution is 2.23. The van der Waals surface area contributed by atoms with Gasteiger partial charge < -0.3 is 0 Å². The number of hydrogen-bond acceptors (Lipinski definition) is 3. The smallest absolute Gasteiger partial charge is 0.233 e. The first kappa shape index (κ1) is 14.2. The summed E-state index contributed by atoms with van der Waals surface area (Å²) >= 11 is 5.68. The van der Waals surface area contributed by atoms with Gasteiger partial charge in [-0.2, -0.15) is 0 Å². The molecule has 5 heteroatoms. The molecule has 96 valence electrons. The third-order valence-electron chi connectivity index (χ3n) is 2.95. The van der Waals surface area contributed by atoms with Crippen LogP contribution in [0.1, 0.15) is 33.6 Å². The third kappa shape index (κ3) is 3.54. The van der Waals surface area contributed by atoms with Crippen LogP contribution in [0.2, 0.25) is 0 Å². The van der Waals surface area contributed by atoms with Crippen LogP contribution in [0, 0.1) is 5.41 Å². The van der Waals surface area contributed by atoms with Crippen molar-refractivity contribution in [3.63, 3.8) is 0 Å². The van der Waals surface area contributed by atoms with Gasteiger partial charge in [-0.05, 0) is 17.2 Å². The number of carbonyl (C=O) groups is 2. The summed E-state index contributed by atoms with van der Waals surface area (Å²) in [5.41, 5.74) is 0.555. The van der Waals surface area contributed by atoms with Gasteiger partial charge in [0.05, 0.1) is 0 Å². The standard InChI is InChI=1S/C12H19ClN2O2/c1-8-5-10(16)15(11(17)6-8)7-9(14-13)12(2,3)4/h9,14H,1,5-7H2,2-4H3/t9-/m1/s1. The van der Waals surface area contributed by atoms with Crippen molar-refractivity contribution < 1.29 is 9.59 Å². The number of carbonyl (C=O) groups excluding carboxylic acids is 2. The number of nitrogens with one attached hydrogen (secondary N) is 1. The zero-order chi connectivity index (χ0) is 13.2. The molecular weight excluding hydrogens is 240 g/mol. The van der Waals surface area contributed by atoms with Crippen LogP contribution in [-0.2, 0) is 9.59 Å². The summed E-state index contributed by atoms with van der Waals surface area (Å²) in [6, 6.07) is -0.136. The van der Waals surface area contributed by atoms with Crippen LogP contribution in [-0.4, -0.2) is 29.3 Å². The van der Waals surface area contributed by atoms with Gasteiger partial charge in [0, 0.05) is 25.4 Å². The fourth-order valence-corrected chi connectivity index (χ4v) is 2.07. The Morgan fingerprint density at radius 1 is 1.35 bits per heavy atom. The number of hydrogen-bond donors (Lipinski definition) is 1. The molecule has 0 aliphatic carbocycles. The molecule has 4 nitrogen and oxygen atoms in total. The molecule has 0 radical (unpaired) electrons. The molecule has 1 fully saturated rings. The molecule has 1 atom stereocenters. The molecule has 1 saturated heterocycles. The molecule has 0 spiro atoms. The minimum atomic E-state index is -0.188. The lowest BCUT2D eigenvalue weighted by atomic mass is 9.86. The molecule has 1 rings (SSSR count). The number of piperidine rings is 1. The lowest BCUT2D eigenvalue weighted by Crippen LogP contribution is -2.51. The fourth-order valence-electron chi connectivity index (χ4n) is 1.68. The van der Waals surface area contributed by atoms with E-state index in [4.69, 9.17) is 11.8 Å². The first-order chi connectivity index (χ1) is 7.75. The minimum absolute atomic E-state index is 0.128. The SMILES string of the molecule is C=C1CC(=O)N(C[C@@H](NCl)C(C)(C)C)C(=O)C1. The summed E-state index contributed by atoms with van der Waals surface area (Å²) in [6.45, 7) is 10.0. The van der Waals surface area contributed by atoms with Gasteiger partial charge in [-0.1, -0.05) is 32.9 Å². The molecule has 1 aliphatic rings. The second kappa shape index (κ2) is 5.19. The fraction of sp³-hybridized carbons (Fsp3) is 0.667. The summed E-state index contributed by atoms with van der Waals surface area (Å²) in [7, 11) is 0. The topological polar surface area (TPSA) is 49.4 Å². The summed E-state index contributed by atoms with van der Waals surface area (Å²) in [6.07, 6.45) is 0.510. The molecule has 0 aromatic carbocycles. The van der Waals surface area contributed by atoms with Crippen LogP contribution in [0.15, 0.2) is 12.2 Å². The van der Waals surface area contributed by atoms with Gasteiger partial charge in [-0.15, -0.1) is 0 Å². The van der Waals surface area contributed by atoms with E-state index >= 15 is 0 Å². The first-order valence-electron chi connectivity index (χ1n) is 5.61. The third-order valence-corrected chi connectivity index (χ3v) is 3.21. The molecule has 0 aromatic rings. The van der Waals surface area contributed by atoms with Crippen molar-refractivity contribution in [3.05, 3.63) is 12.2 Å². The number of halogens is 1. The Balaban J connectivity index is 2.76. The Morgan fingerprint density at radius 2 is 1.82 bits per heavy atom. The quantitative estimate of drug-likeness (QED) is 0.478. The Hall–Kier alpha value is -0.870. The number of nitrogens with zero attached hydrogens (tertiary/aromatic N) is 1. The summed E-state index contributed by atoms with van der Waals surface area (Å²) in [5.74, 6) is -0.375. The van der Waals surface area contributed by atoms with Crippen molar-refractivity contribution in [1.29, 1.82) is 0 Å². The monoisotopic (exact) mass is 258 g/mol. The predicted octanol–water partition coefficient (Wildman–Crippen LogP) is 1.85. The van der Waals surface area contributed by atoms with E-state index in [-0.39, 0.29) is 36.1 Å². The summed E-state index contributed by atoms with van der Waals surface area (Å²) < 4.78 is 0. The lowest BCUT2D eigenvalue weighted by Gasteiger charge is -2.35. The highest BCUT2D eigenvalue weighted by Gasteiger charge is 2.33. The van der Waals surface area contributed by atoms with Crippen molar-refractivity contribution in [2.24, 2.45) is 5.41 Å². The molecule has 2 amide bonds. The van der Waals surface area contributed by atoms with Gasteiger partial charge in [0.1, 0.15) is 0 Å². The van der Waals surface area contributed by atoms with Crippen LogP contribution in [0.3, 0.4) is 0 Å². The molecule has 0 aromatic heterocycles. The van der Waals surface area contributed by atoms with E-state index in [2.05, 4.69) is 11.4 Å². The predicted molar refractivity (Wildman–Crippen MR) is 67.3 cm³/mol. The average Bonchev–Trinajstić information content (AvgIpc) is 2.14. The van der Waals surface area contributed by atoms with Crippen molar-refractivity contribution >= 4 is 23.6 Å². The van der Waals surface area contributed by atoms with Crippen molar-refractivity contribution in [3.8, 4) is 0 Å². The van der Waals surface area contributed by atoms with E-state index < -0.39 is 0 Å². The van der Waals surface area contributed by atoms with Gasteiger partial charge in [-0.25, -0.2) is 4.84 Å². The van der Waals surface area contributed by atoms with Gasteiger partial charge in [-0.3, -0.25) is 14.5 Å². The number of likely N-dealkylation sites (tertiary alicyclic amines) is 1. The van der Waals surface area contributed by atoms with Crippen molar-refractivity contribution in [2.45, 2.75) is 39.7 Å². The highest BCUT2D eigenvalue weighted by molar-refractivity contribution is 6.13. The second-order valence-electron chi connectivity index (χ2n) is 5.53.